The number of amides is 1. The third-order valence-electron chi connectivity index (χ3n) is 2.95. The molecule has 124 valence electrons. The van der Waals surface area contributed by atoms with Gasteiger partial charge in [0.2, 0.25) is 0 Å². The number of carbonyl (C=O) groups is 1. The van der Waals surface area contributed by atoms with Crippen molar-refractivity contribution in [3.05, 3.63) is 29.8 Å². The molecule has 0 aliphatic rings. The first-order valence-corrected chi connectivity index (χ1v) is 8.27. The summed E-state index contributed by atoms with van der Waals surface area (Å²) in [4.78, 5) is 12.2. The van der Waals surface area contributed by atoms with Gasteiger partial charge in [0.1, 0.15) is 0 Å². The van der Waals surface area contributed by atoms with Gasteiger partial charge in [-0.25, -0.2) is 9.10 Å². The van der Waals surface area contributed by atoms with Crippen LogP contribution in [0.2, 0.25) is 0 Å². The number of rotatable bonds is 9. The molecule has 0 aliphatic heterocycles. The van der Waals surface area contributed by atoms with Crippen LogP contribution in [0.5, 0.6) is 0 Å². The Bertz CT molecular complexity index is 438. The molecule has 0 saturated heterocycles. The molecule has 22 heavy (non-hydrogen) atoms. The molecular weight excluding hydrogens is 300 g/mol. The van der Waals surface area contributed by atoms with E-state index in [1.165, 1.54) is 7.11 Å². The van der Waals surface area contributed by atoms with Crippen LogP contribution in [0, 0.1) is 5.92 Å². The Balaban J connectivity index is 2.46. The summed E-state index contributed by atoms with van der Waals surface area (Å²) in [6, 6.07) is 7.93. The molecule has 0 heterocycles. The van der Waals surface area contributed by atoms with Gasteiger partial charge in [-0.2, -0.15) is 0 Å². The fourth-order valence-corrected chi connectivity index (χ4v) is 3.05. The lowest BCUT2D eigenvalue weighted by atomic mass is 10.2. The van der Waals surface area contributed by atoms with Gasteiger partial charge in [0.15, 0.2) is 0 Å². The minimum absolute atomic E-state index is 0.0693. The van der Waals surface area contributed by atoms with E-state index in [1.807, 2.05) is 24.3 Å². The van der Waals surface area contributed by atoms with Crippen LogP contribution < -0.4 is 5.32 Å². The first-order valence-electron chi connectivity index (χ1n) is 7.49. The second-order valence-electron chi connectivity index (χ2n) is 5.45. The van der Waals surface area contributed by atoms with Crippen molar-refractivity contribution in [3.8, 4) is 0 Å². The van der Waals surface area contributed by atoms with Gasteiger partial charge in [0.05, 0.1) is 13.7 Å². The number of nitrogens with zero attached hydrogens (tertiary/aromatic N) is 1. The van der Waals surface area contributed by atoms with Crippen LogP contribution in [-0.2, 0) is 11.3 Å². The third-order valence-corrected chi connectivity index (χ3v) is 4.02. The molecule has 0 unspecified atom stereocenters. The first-order chi connectivity index (χ1) is 10.5. The van der Waals surface area contributed by atoms with Crippen LogP contribution in [0.1, 0.15) is 25.8 Å². The van der Waals surface area contributed by atoms with E-state index >= 15 is 0 Å². The minimum Gasteiger partial charge on any atom is -0.453 e. The normalized spacial score (nSPS) is 11.0. The molecule has 0 aliphatic carbocycles. The molecule has 2 N–H and O–H groups in total. The molecule has 0 radical (unpaired) electrons. The van der Waals surface area contributed by atoms with Gasteiger partial charge < -0.3 is 15.2 Å². The van der Waals surface area contributed by atoms with Crippen LogP contribution in [0.3, 0.4) is 0 Å². The molecule has 0 saturated carbocycles. The summed E-state index contributed by atoms with van der Waals surface area (Å²) < 4.78 is 6.85. The number of hydrogen-bond donors (Lipinski definition) is 2. The molecule has 0 aromatic heterocycles. The molecule has 0 spiro atoms. The van der Waals surface area contributed by atoms with E-state index in [-0.39, 0.29) is 12.7 Å². The third kappa shape index (κ3) is 7.68. The van der Waals surface area contributed by atoms with Gasteiger partial charge >= 0.3 is 6.09 Å². The maximum Gasteiger partial charge on any atom is 0.406 e. The van der Waals surface area contributed by atoms with Crippen molar-refractivity contribution >= 4 is 18.0 Å². The summed E-state index contributed by atoms with van der Waals surface area (Å²) in [5.41, 5.74) is 0.919. The van der Waals surface area contributed by atoms with E-state index in [0.717, 1.165) is 30.0 Å². The number of benzene rings is 1. The Hall–Kier alpha value is -1.24. The number of ether oxygens (including phenoxy) is 1. The standard InChI is InChI=1S/C16H26N2O3S/c1-13(2)11-18(10-4-9-17-16(20)21-3)22-15-7-5-14(12-19)6-8-15/h5-8,13,19H,4,9-12H2,1-3H3,(H,17,20). The fraction of sp³-hybridized carbons (Fsp3) is 0.562. The molecule has 1 amide bonds. The lowest BCUT2D eigenvalue weighted by Crippen LogP contribution is -2.28. The van der Waals surface area contributed by atoms with Crippen LogP contribution in [-0.4, -0.2) is 42.2 Å². The number of aliphatic hydroxyl groups excluding tert-OH is 1. The van der Waals surface area contributed by atoms with E-state index in [1.54, 1.807) is 11.9 Å². The lowest BCUT2D eigenvalue weighted by Gasteiger charge is -2.23. The predicted octanol–water partition coefficient (Wildman–Crippen LogP) is 2.89. The molecule has 6 heteroatoms. The molecule has 1 rings (SSSR count). The average molecular weight is 326 g/mol. The lowest BCUT2D eigenvalue weighted by molar-refractivity contribution is 0.170. The van der Waals surface area contributed by atoms with E-state index in [9.17, 15) is 4.79 Å². The van der Waals surface area contributed by atoms with Crippen LogP contribution in [0.25, 0.3) is 0 Å². The fourth-order valence-electron chi connectivity index (χ4n) is 1.90. The largest absolute Gasteiger partial charge is 0.453 e. The smallest absolute Gasteiger partial charge is 0.406 e. The first kappa shape index (κ1) is 18.8. The number of aliphatic hydroxyl groups is 1. The predicted molar refractivity (Wildman–Crippen MR) is 89.7 cm³/mol. The Morgan fingerprint density at radius 1 is 1.36 bits per heavy atom. The van der Waals surface area contributed by atoms with Crippen molar-refractivity contribution in [2.75, 3.05) is 26.7 Å². The minimum atomic E-state index is -0.386. The number of alkyl carbamates (subject to hydrolysis) is 1. The maximum atomic E-state index is 11.0. The summed E-state index contributed by atoms with van der Waals surface area (Å²) in [7, 11) is 1.37. The van der Waals surface area contributed by atoms with Crippen molar-refractivity contribution in [1.82, 2.24) is 9.62 Å². The van der Waals surface area contributed by atoms with Gasteiger partial charge in [-0.1, -0.05) is 26.0 Å². The molecule has 5 nitrogen and oxygen atoms in total. The summed E-state index contributed by atoms with van der Waals surface area (Å²) in [6.07, 6.45) is 0.478. The van der Waals surface area contributed by atoms with E-state index in [0.29, 0.717) is 12.5 Å². The van der Waals surface area contributed by atoms with Gasteiger partial charge in [-0.3, -0.25) is 0 Å². The zero-order chi connectivity index (χ0) is 16.4. The SMILES string of the molecule is COC(=O)NCCCN(CC(C)C)Sc1ccc(CO)cc1. The second kappa shape index (κ2) is 10.5. The molecule has 1 aromatic rings. The van der Waals surface area contributed by atoms with Gasteiger partial charge in [0, 0.05) is 24.5 Å². The average Bonchev–Trinajstić information content (AvgIpc) is 2.51. The topological polar surface area (TPSA) is 61.8 Å². The Labute approximate surface area is 137 Å². The van der Waals surface area contributed by atoms with Gasteiger partial charge in [0.25, 0.3) is 0 Å². The second-order valence-corrected chi connectivity index (χ2v) is 6.62. The number of carbonyl (C=O) groups excluding carboxylic acids is 1. The highest BCUT2D eigenvalue weighted by Gasteiger charge is 2.10. The monoisotopic (exact) mass is 326 g/mol. The van der Waals surface area contributed by atoms with Crippen LogP contribution in [0.15, 0.2) is 29.2 Å². The van der Waals surface area contributed by atoms with Gasteiger partial charge in [-0.15, -0.1) is 0 Å². The van der Waals surface area contributed by atoms with Gasteiger partial charge in [-0.05, 0) is 42.0 Å². The summed E-state index contributed by atoms with van der Waals surface area (Å²) in [5.74, 6) is 0.567. The Morgan fingerprint density at radius 3 is 2.59 bits per heavy atom. The summed E-state index contributed by atoms with van der Waals surface area (Å²) in [6.45, 7) is 6.91. The highest BCUT2D eigenvalue weighted by Crippen LogP contribution is 2.24. The molecule has 1 aromatic carbocycles. The zero-order valence-electron chi connectivity index (χ0n) is 13.5. The van der Waals surface area contributed by atoms with E-state index in [4.69, 9.17) is 5.11 Å². The summed E-state index contributed by atoms with van der Waals surface area (Å²) >= 11 is 1.71. The van der Waals surface area contributed by atoms with E-state index < -0.39 is 0 Å². The van der Waals surface area contributed by atoms with Crippen LogP contribution >= 0.6 is 11.9 Å². The molecular formula is C16H26N2O3S. The molecule has 0 bridgehead atoms. The van der Waals surface area contributed by atoms with Crippen molar-refractivity contribution in [1.29, 1.82) is 0 Å². The number of methoxy groups -OCH3 is 1. The maximum absolute atomic E-state index is 11.0. The quantitative estimate of drug-likeness (QED) is 0.540. The Kier molecular flexibility index (Phi) is 8.96. The van der Waals surface area contributed by atoms with Crippen molar-refractivity contribution in [3.63, 3.8) is 0 Å². The van der Waals surface area contributed by atoms with E-state index in [2.05, 4.69) is 28.2 Å². The zero-order valence-corrected chi connectivity index (χ0v) is 14.4. The number of hydrogen-bond acceptors (Lipinski definition) is 5. The van der Waals surface area contributed by atoms with Crippen LogP contribution in [0.4, 0.5) is 4.79 Å². The number of nitrogens with one attached hydrogen (secondary N) is 1. The Morgan fingerprint density at radius 2 is 2.05 bits per heavy atom. The van der Waals surface area contributed by atoms with Crippen molar-refractivity contribution in [2.24, 2.45) is 5.92 Å². The summed E-state index contributed by atoms with van der Waals surface area (Å²) in [5, 5.41) is 11.8. The molecule has 0 atom stereocenters. The molecule has 0 fully saturated rings. The van der Waals surface area contributed by atoms with Crippen molar-refractivity contribution < 1.29 is 14.6 Å². The highest BCUT2D eigenvalue weighted by molar-refractivity contribution is 7.97. The highest BCUT2D eigenvalue weighted by atomic mass is 32.2. The van der Waals surface area contributed by atoms with Crippen molar-refractivity contribution in [2.45, 2.75) is 31.8 Å².